The second-order valence-electron chi connectivity index (χ2n) is 2.32. The smallest absolute Gasteiger partial charge is 0.198 e. The minimum atomic E-state index is -2.43. The first-order valence-corrected chi connectivity index (χ1v) is 4.51. The number of nitriles is 1. The molecule has 0 unspecified atom stereocenters. The highest BCUT2D eigenvalue weighted by Crippen LogP contribution is 2.28. The average Bonchev–Trinajstić information content (AvgIpc) is 2.08. The number of rotatable bonds is 3. The predicted molar refractivity (Wildman–Crippen MR) is 47.6 cm³/mol. The number of alkyl halides is 2. The molecule has 0 N–H and O–H groups in total. The van der Waals surface area contributed by atoms with E-state index >= 15 is 0 Å². The molecule has 0 aromatic heterocycles. The van der Waals surface area contributed by atoms with E-state index in [4.69, 9.17) is 5.26 Å². The highest BCUT2D eigenvalue weighted by molar-refractivity contribution is 7.99. The van der Waals surface area contributed by atoms with Crippen LogP contribution in [0.3, 0.4) is 0 Å². The van der Waals surface area contributed by atoms with Crippen molar-refractivity contribution in [1.82, 2.24) is 0 Å². The van der Waals surface area contributed by atoms with Gasteiger partial charge >= 0.3 is 0 Å². The Morgan fingerprint density at radius 3 is 2.69 bits per heavy atom. The summed E-state index contributed by atoms with van der Waals surface area (Å²) in [7, 11) is 0. The maximum absolute atomic E-state index is 12.0. The van der Waals surface area contributed by atoms with Crippen LogP contribution >= 0.6 is 11.8 Å². The Kier molecular flexibility index (Phi) is 3.71. The van der Waals surface area contributed by atoms with Crippen molar-refractivity contribution in [3.8, 4) is 6.07 Å². The van der Waals surface area contributed by atoms with Crippen LogP contribution in [0.1, 0.15) is 5.56 Å². The largest absolute Gasteiger partial charge is 0.288 e. The van der Waals surface area contributed by atoms with Gasteiger partial charge < -0.3 is 0 Å². The lowest BCUT2D eigenvalue weighted by Crippen LogP contribution is -1.88. The molecular weight excluding hydrogens is 192 g/mol. The number of hydrogen-bond donors (Lipinski definition) is 0. The molecule has 0 aliphatic carbocycles. The molecular formula is C9H7F2NS. The van der Waals surface area contributed by atoms with Gasteiger partial charge in [0, 0.05) is 4.90 Å². The number of hydrogen-bond acceptors (Lipinski definition) is 2. The van der Waals surface area contributed by atoms with Gasteiger partial charge in [-0.15, -0.1) is 0 Å². The van der Waals surface area contributed by atoms with Gasteiger partial charge in [0.05, 0.1) is 12.5 Å². The summed E-state index contributed by atoms with van der Waals surface area (Å²) < 4.78 is 24.0. The van der Waals surface area contributed by atoms with Gasteiger partial charge in [-0.2, -0.15) is 14.0 Å². The quantitative estimate of drug-likeness (QED) is 0.698. The minimum Gasteiger partial charge on any atom is -0.198 e. The zero-order valence-corrected chi connectivity index (χ0v) is 7.52. The van der Waals surface area contributed by atoms with Crippen LogP contribution in [0.5, 0.6) is 0 Å². The van der Waals surface area contributed by atoms with Crippen LogP contribution in [0, 0.1) is 11.3 Å². The van der Waals surface area contributed by atoms with Gasteiger partial charge in [0.25, 0.3) is 5.76 Å². The number of thioether (sulfide) groups is 1. The Bertz CT molecular complexity index is 320. The number of halogens is 2. The number of nitrogens with zero attached hydrogens (tertiary/aromatic N) is 1. The Hall–Kier alpha value is -1.08. The maximum atomic E-state index is 12.0. The third-order valence-electron chi connectivity index (χ3n) is 1.46. The molecule has 1 aromatic carbocycles. The van der Waals surface area contributed by atoms with Gasteiger partial charge in [0.2, 0.25) is 0 Å². The fourth-order valence-corrected chi connectivity index (χ4v) is 1.59. The van der Waals surface area contributed by atoms with Gasteiger partial charge in [-0.1, -0.05) is 30.0 Å². The maximum Gasteiger partial charge on any atom is 0.288 e. The van der Waals surface area contributed by atoms with E-state index in [2.05, 4.69) is 0 Å². The second-order valence-corrected chi connectivity index (χ2v) is 3.35. The predicted octanol–water partition coefficient (Wildman–Crippen LogP) is 3.07. The molecule has 0 aliphatic rings. The van der Waals surface area contributed by atoms with Gasteiger partial charge in [-0.25, -0.2) is 0 Å². The van der Waals surface area contributed by atoms with Gasteiger partial charge in [-0.3, -0.25) is 0 Å². The Morgan fingerprint density at radius 1 is 1.38 bits per heavy atom. The average molecular weight is 199 g/mol. The highest BCUT2D eigenvalue weighted by atomic mass is 32.2. The van der Waals surface area contributed by atoms with E-state index in [0.717, 1.165) is 0 Å². The molecule has 68 valence electrons. The van der Waals surface area contributed by atoms with E-state index < -0.39 is 5.76 Å². The van der Waals surface area contributed by atoms with Crippen LogP contribution in [-0.2, 0) is 6.42 Å². The van der Waals surface area contributed by atoms with Crippen molar-refractivity contribution in [2.75, 3.05) is 0 Å². The third-order valence-corrected chi connectivity index (χ3v) is 2.29. The monoisotopic (exact) mass is 199 g/mol. The molecule has 0 fully saturated rings. The zero-order chi connectivity index (χ0) is 9.68. The van der Waals surface area contributed by atoms with Gasteiger partial charge in [0.1, 0.15) is 0 Å². The Labute approximate surface area is 79.4 Å². The summed E-state index contributed by atoms with van der Waals surface area (Å²) in [6, 6.07) is 8.65. The third kappa shape index (κ3) is 3.03. The molecule has 0 aliphatic heterocycles. The summed E-state index contributed by atoms with van der Waals surface area (Å²) in [6.45, 7) is 0. The normalized spacial score (nSPS) is 10.0. The van der Waals surface area contributed by atoms with Crippen molar-refractivity contribution >= 4 is 11.8 Å². The van der Waals surface area contributed by atoms with Crippen molar-refractivity contribution in [1.29, 1.82) is 5.26 Å². The summed E-state index contributed by atoms with van der Waals surface area (Å²) >= 11 is 0.481. The van der Waals surface area contributed by atoms with E-state index in [1.807, 2.05) is 6.07 Å². The Balaban J connectivity index is 2.85. The van der Waals surface area contributed by atoms with E-state index in [1.54, 1.807) is 24.3 Å². The summed E-state index contributed by atoms with van der Waals surface area (Å²) in [4.78, 5) is 0.485. The van der Waals surface area contributed by atoms with E-state index in [0.29, 0.717) is 22.2 Å². The number of benzene rings is 1. The molecule has 0 radical (unpaired) electrons. The molecule has 1 rings (SSSR count). The minimum absolute atomic E-state index is 0.176. The fraction of sp³-hybridized carbons (Fsp3) is 0.222. The van der Waals surface area contributed by atoms with E-state index in [9.17, 15) is 8.78 Å². The van der Waals surface area contributed by atoms with E-state index in [-0.39, 0.29) is 6.42 Å². The molecule has 0 atom stereocenters. The van der Waals surface area contributed by atoms with Crippen molar-refractivity contribution in [2.24, 2.45) is 0 Å². The van der Waals surface area contributed by atoms with Crippen LogP contribution in [0.25, 0.3) is 0 Å². The van der Waals surface area contributed by atoms with E-state index in [1.165, 1.54) is 0 Å². The van der Waals surface area contributed by atoms with Crippen LogP contribution < -0.4 is 0 Å². The molecule has 0 heterocycles. The molecule has 13 heavy (non-hydrogen) atoms. The summed E-state index contributed by atoms with van der Waals surface area (Å²) in [5, 5.41) is 8.43. The lowest BCUT2D eigenvalue weighted by Gasteiger charge is -2.04. The zero-order valence-electron chi connectivity index (χ0n) is 6.71. The van der Waals surface area contributed by atoms with Crippen LogP contribution in [-0.4, -0.2) is 5.76 Å². The molecule has 0 bridgehead atoms. The summed E-state index contributed by atoms with van der Waals surface area (Å²) in [5.74, 6) is -2.43. The topological polar surface area (TPSA) is 23.8 Å². The molecule has 0 saturated heterocycles. The molecule has 1 aromatic rings. The van der Waals surface area contributed by atoms with Crippen molar-refractivity contribution < 1.29 is 8.78 Å². The molecule has 1 nitrogen and oxygen atoms in total. The van der Waals surface area contributed by atoms with Crippen LogP contribution in [0.15, 0.2) is 29.2 Å². The van der Waals surface area contributed by atoms with Gasteiger partial charge in [0.15, 0.2) is 0 Å². The van der Waals surface area contributed by atoms with Crippen LogP contribution in [0.4, 0.5) is 8.78 Å². The van der Waals surface area contributed by atoms with Crippen molar-refractivity contribution in [3.63, 3.8) is 0 Å². The first-order valence-electron chi connectivity index (χ1n) is 3.63. The molecule has 4 heteroatoms. The SMILES string of the molecule is N#CCc1ccccc1SC(F)F. The summed E-state index contributed by atoms with van der Waals surface area (Å²) in [5.41, 5.74) is 0.662. The highest BCUT2D eigenvalue weighted by Gasteiger charge is 2.08. The van der Waals surface area contributed by atoms with Crippen LogP contribution in [0.2, 0.25) is 0 Å². The molecule has 0 spiro atoms. The Morgan fingerprint density at radius 2 is 2.08 bits per heavy atom. The summed E-state index contributed by atoms with van der Waals surface area (Å²) in [6.07, 6.45) is 0.176. The first-order chi connectivity index (χ1) is 6.24. The van der Waals surface area contributed by atoms with Crippen molar-refractivity contribution in [2.45, 2.75) is 17.1 Å². The van der Waals surface area contributed by atoms with Crippen molar-refractivity contribution in [3.05, 3.63) is 29.8 Å². The standard InChI is InChI=1S/C9H7F2NS/c10-9(11)13-8-4-2-1-3-7(8)5-6-12/h1-4,9H,5H2. The van der Waals surface area contributed by atoms with Gasteiger partial charge in [-0.05, 0) is 11.6 Å². The lowest BCUT2D eigenvalue weighted by molar-refractivity contribution is 0.252. The molecule has 0 saturated carbocycles. The lowest BCUT2D eigenvalue weighted by atomic mass is 10.2. The fourth-order valence-electron chi connectivity index (χ4n) is 0.946. The molecule has 0 amide bonds. The first kappa shape index (κ1) is 10.0. The second kappa shape index (κ2) is 4.83.